The smallest absolute Gasteiger partial charge is 0.455 e. The average Bonchev–Trinajstić information content (AvgIpc) is 2.74. The number of nitrogens with two attached hydrogens (primary N) is 1. The summed E-state index contributed by atoms with van der Waals surface area (Å²) in [5.41, 5.74) is 0.862. The van der Waals surface area contributed by atoms with Gasteiger partial charge in [0.1, 0.15) is 28.6 Å². The zero-order valence-electron chi connectivity index (χ0n) is 17.7. The van der Waals surface area contributed by atoms with Crippen LogP contribution in [0, 0.1) is 11.6 Å². The molecule has 0 bridgehead atoms. The van der Waals surface area contributed by atoms with Crippen molar-refractivity contribution in [1.29, 1.82) is 0 Å². The van der Waals surface area contributed by atoms with Gasteiger partial charge in [-0.05, 0) is 42.5 Å². The second-order valence-electron chi connectivity index (χ2n) is 7.05. The van der Waals surface area contributed by atoms with Gasteiger partial charge in [0.05, 0.1) is 16.1 Å². The number of carbonyl (C=O) groups excluding carboxylic acids is 2. The molecule has 15 heteroatoms. The number of hydrogen-bond acceptors (Lipinski definition) is 4. The molecule has 3 rings (SSSR count). The molecule has 3 aromatic carbocycles. The summed E-state index contributed by atoms with van der Waals surface area (Å²) in [7, 11) is 0. The van der Waals surface area contributed by atoms with Crippen molar-refractivity contribution in [3.8, 4) is 17.2 Å². The third-order valence-corrected chi connectivity index (χ3v) is 4.78. The monoisotopic (exact) mass is 554 g/mol. The largest absolute Gasteiger partial charge is 0.573 e. The number of hydrogen-bond donors (Lipinski definition) is 2. The lowest BCUT2D eigenvalue weighted by atomic mass is 10.1. The predicted octanol–water partition coefficient (Wildman–Crippen LogP) is 6.68. The van der Waals surface area contributed by atoms with E-state index in [1.165, 1.54) is 0 Å². The number of amides is 2. The first-order chi connectivity index (χ1) is 17.1. The molecule has 0 unspecified atom stereocenters. The Hall–Kier alpha value is -4.07. The van der Waals surface area contributed by atoms with Gasteiger partial charge >= 0.3 is 12.5 Å². The lowest BCUT2D eigenvalue weighted by Crippen LogP contribution is -2.19. The van der Waals surface area contributed by atoms with E-state index in [0.29, 0.717) is 12.1 Å². The first-order valence-electron chi connectivity index (χ1n) is 9.60. The van der Waals surface area contributed by atoms with E-state index in [-0.39, 0.29) is 11.8 Å². The van der Waals surface area contributed by atoms with Gasteiger partial charge in [-0.3, -0.25) is 9.59 Å². The normalized spacial score (nSPS) is 11.7. The van der Waals surface area contributed by atoms with Crippen molar-refractivity contribution in [2.45, 2.75) is 12.5 Å². The van der Waals surface area contributed by atoms with Crippen LogP contribution in [0.15, 0.2) is 48.5 Å². The number of alkyl halides is 6. The summed E-state index contributed by atoms with van der Waals surface area (Å²) in [6.45, 7) is 0. The van der Waals surface area contributed by atoms with Gasteiger partial charge in [-0.2, -0.15) is 13.2 Å². The zero-order chi connectivity index (χ0) is 27.7. The molecule has 2 amide bonds. The van der Waals surface area contributed by atoms with Crippen LogP contribution in [0.25, 0.3) is 0 Å². The maximum atomic E-state index is 14.9. The van der Waals surface area contributed by atoms with Crippen molar-refractivity contribution in [1.82, 2.24) is 0 Å². The standard InChI is InChI=1S/C22H11ClF8N2O4/c23-13-8-10(37-22(29,30)31)2-5-15(13)36-16-6-3-12(21(26,27)28)18(25)17(16)20(35)33-9-1-4-14(24)11(7-9)19(32)34/h1-8H,(H2,32,34)(H,33,35). The Morgan fingerprint density at radius 1 is 0.892 bits per heavy atom. The minimum absolute atomic E-state index is 0.263. The highest BCUT2D eigenvalue weighted by molar-refractivity contribution is 6.32. The minimum Gasteiger partial charge on any atom is -0.455 e. The fourth-order valence-corrected chi connectivity index (χ4v) is 3.15. The van der Waals surface area contributed by atoms with Gasteiger partial charge in [0.25, 0.3) is 11.8 Å². The molecule has 0 atom stereocenters. The number of anilines is 1. The van der Waals surface area contributed by atoms with Crippen LogP contribution in [0.3, 0.4) is 0 Å². The van der Waals surface area contributed by atoms with E-state index >= 15 is 0 Å². The number of primary amides is 1. The second-order valence-corrected chi connectivity index (χ2v) is 7.46. The van der Waals surface area contributed by atoms with E-state index in [4.69, 9.17) is 22.1 Å². The van der Waals surface area contributed by atoms with Crippen LogP contribution in [-0.2, 0) is 6.18 Å². The van der Waals surface area contributed by atoms with Crippen LogP contribution in [0.2, 0.25) is 5.02 Å². The van der Waals surface area contributed by atoms with Crippen LogP contribution in [-0.4, -0.2) is 18.2 Å². The van der Waals surface area contributed by atoms with Crippen molar-refractivity contribution in [3.63, 3.8) is 0 Å². The lowest BCUT2D eigenvalue weighted by Gasteiger charge is -2.17. The maximum Gasteiger partial charge on any atom is 0.573 e. The van der Waals surface area contributed by atoms with E-state index in [1.54, 1.807) is 0 Å². The van der Waals surface area contributed by atoms with Crippen molar-refractivity contribution in [2.75, 3.05) is 5.32 Å². The second kappa shape index (κ2) is 10.1. The van der Waals surface area contributed by atoms with Crippen molar-refractivity contribution < 1.29 is 54.2 Å². The molecule has 37 heavy (non-hydrogen) atoms. The Morgan fingerprint density at radius 3 is 2.11 bits per heavy atom. The molecule has 0 aromatic heterocycles. The van der Waals surface area contributed by atoms with Crippen LogP contribution >= 0.6 is 11.6 Å². The number of carbonyl (C=O) groups is 2. The summed E-state index contributed by atoms with van der Waals surface area (Å²) in [6, 6.07) is 5.49. The third-order valence-electron chi connectivity index (χ3n) is 4.48. The van der Waals surface area contributed by atoms with E-state index in [1.807, 2.05) is 5.32 Å². The zero-order valence-corrected chi connectivity index (χ0v) is 18.5. The molecule has 0 aliphatic carbocycles. The Balaban J connectivity index is 2.04. The summed E-state index contributed by atoms with van der Waals surface area (Å²) >= 11 is 5.85. The van der Waals surface area contributed by atoms with Gasteiger partial charge in [-0.15, -0.1) is 13.2 Å². The Labute approximate surface area is 206 Å². The van der Waals surface area contributed by atoms with E-state index in [2.05, 4.69) is 4.74 Å². The Kier molecular flexibility index (Phi) is 7.53. The summed E-state index contributed by atoms with van der Waals surface area (Å²) in [6.07, 6.45) is -10.3. The molecule has 0 aliphatic rings. The van der Waals surface area contributed by atoms with Gasteiger partial charge in [-0.25, -0.2) is 8.78 Å². The van der Waals surface area contributed by atoms with Crippen molar-refractivity contribution >= 4 is 29.1 Å². The average molecular weight is 555 g/mol. The molecule has 6 nitrogen and oxygen atoms in total. The molecular formula is C22H11ClF8N2O4. The minimum atomic E-state index is -5.24. The summed E-state index contributed by atoms with van der Waals surface area (Å²) in [5, 5.41) is 1.47. The molecule has 0 aliphatic heterocycles. The van der Waals surface area contributed by atoms with E-state index in [0.717, 1.165) is 30.3 Å². The van der Waals surface area contributed by atoms with Crippen molar-refractivity contribution in [2.24, 2.45) is 5.73 Å². The molecule has 196 valence electrons. The van der Waals surface area contributed by atoms with Gasteiger partial charge < -0.3 is 20.5 Å². The first kappa shape index (κ1) is 27.5. The maximum absolute atomic E-state index is 14.9. The quantitative estimate of drug-likeness (QED) is 0.333. The van der Waals surface area contributed by atoms with Gasteiger partial charge in [0.2, 0.25) is 0 Å². The SMILES string of the molecule is NC(=O)c1cc(NC(=O)c2c(Oc3ccc(OC(F)(F)F)cc3Cl)ccc(C(F)(F)F)c2F)ccc1F. The number of nitrogens with one attached hydrogen (secondary N) is 1. The number of ether oxygens (including phenoxy) is 2. The summed E-state index contributed by atoms with van der Waals surface area (Å²) in [5.74, 6) is -7.92. The molecule has 0 saturated carbocycles. The van der Waals surface area contributed by atoms with Crippen molar-refractivity contribution in [3.05, 3.63) is 81.9 Å². The van der Waals surface area contributed by atoms with Crippen LogP contribution in [0.4, 0.5) is 40.8 Å². The fourth-order valence-electron chi connectivity index (χ4n) is 2.94. The summed E-state index contributed by atoms with van der Waals surface area (Å²) in [4.78, 5) is 24.1. The number of halogens is 9. The molecule has 0 spiro atoms. The van der Waals surface area contributed by atoms with Gasteiger partial charge in [0, 0.05) is 11.8 Å². The highest BCUT2D eigenvalue weighted by atomic mass is 35.5. The molecule has 0 fully saturated rings. The number of benzene rings is 3. The Bertz CT molecular complexity index is 1380. The Morgan fingerprint density at radius 2 is 1.54 bits per heavy atom. The van der Waals surface area contributed by atoms with Crippen LogP contribution in [0.5, 0.6) is 17.2 Å². The highest BCUT2D eigenvalue weighted by Crippen LogP contribution is 2.40. The highest BCUT2D eigenvalue weighted by Gasteiger charge is 2.37. The fraction of sp³-hybridized carbons (Fsp3) is 0.0909. The topological polar surface area (TPSA) is 90.7 Å². The molecule has 0 radical (unpaired) electrons. The third kappa shape index (κ3) is 6.58. The molecule has 3 N–H and O–H groups in total. The van der Waals surface area contributed by atoms with E-state index in [9.17, 15) is 44.7 Å². The number of rotatable bonds is 6. The van der Waals surface area contributed by atoms with Crippen LogP contribution < -0.4 is 20.5 Å². The van der Waals surface area contributed by atoms with Gasteiger partial charge in [-0.1, -0.05) is 11.6 Å². The molecule has 0 saturated heterocycles. The molecule has 0 heterocycles. The molecule has 3 aromatic rings. The van der Waals surface area contributed by atoms with E-state index < -0.39 is 74.9 Å². The lowest BCUT2D eigenvalue weighted by molar-refractivity contribution is -0.274. The van der Waals surface area contributed by atoms with Crippen LogP contribution in [0.1, 0.15) is 26.3 Å². The first-order valence-corrected chi connectivity index (χ1v) is 9.98. The summed E-state index contributed by atoms with van der Waals surface area (Å²) < 4.78 is 115. The molecular weight excluding hydrogens is 544 g/mol. The predicted molar refractivity (Wildman–Crippen MR) is 112 cm³/mol. The van der Waals surface area contributed by atoms with Gasteiger partial charge in [0.15, 0.2) is 5.82 Å².